The fourth-order valence-electron chi connectivity index (χ4n) is 0.910. The third kappa shape index (κ3) is 4.98. The highest BCUT2D eigenvalue weighted by Crippen LogP contribution is 1.98. The van der Waals surface area contributed by atoms with Gasteiger partial charge in [-0.1, -0.05) is 13.0 Å². The molecule has 2 N–H and O–H groups in total. The van der Waals surface area contributed by atoms with Gasteiger partial charge in [-0.05, 0) is 12.8 Å². The number of carbonyl (C=O) groups is 1. The monoisotopic (exact) mass is 221 g/mol. The fraction of sp³-hybridized carbons (Fsp3) is 0.625. The van der Waals surface area contributed by atoms with Gasteiger partial charge in [0.25, 0.3) is 0 Å². The molecule has 0 heterocycles. The second-order valence-corrected chi connectivity index (χ2v) is 4.73. The Morgan fingerprint density at radius 2 is 2.21 bits per heavy atom. The first-order valence-corrected chi connectivity index (χ1v) is 5.92. The SMILES string of the molecule is C=CCC(NS(=O)(=O)CCC)C(=O)O. The van der Waals surface area contributed by atoms with Crippen LogP contribution in [0, 0.1) is 0 Å². The number of sulfonamides is 1. The second kappa shape index (κ2) is 5.77. The van der Waals surface area contributed by atoms with Crippen molar-refractivity contribution in [3.8, 4) is 0 Å². The molecule has 82 valence electrons. The van der Waals surface area contributed by atoms with Gasteiger partial charge in [0.1, 0.15) is 6.04 Å². The summed E-state index contributed by atoms with van der Waals surface area (Å²) in [6.07, 6.45) is 1.90. The van der Waals surface area contributed by atoms with E-state index in [-0.39, 0.29) is 12.2 Å². The maximum atomic E-state index is 11.2. The van der Waals surface area contributed by atoms with Gasteiger partial charge in [-0.2, -0.15) is 0 Å². The summed E-state index contributed by atoms with van der Waals surface area (Å²) >= 11 is 0. The molecule has 0 aliphatic heterocycles. The van der Waals surface area contributed by atoms with Crippen LogP contribution in [0.4, 0.5) is 0 Å². The highest BCUT2D eigenvalue weighted by Gasteiger charge is 2.21. The van der Waals surface area contributed by atoms with Crippen LogP contribution in [0.25, 0.3) is 0 Å². The maximum Gasteiger partial charge on any atom is 0.322 e. The molecule has 14 heavy (non-hydrogen) atoms. The van der Waals surface area contributed by atoms with Crippen LogP contribution >= 0.6 is 0 Å². The van der Waals surface area contributed by atoms with E-state index in [0.717, 1.165) is 0 Å². The van der Waals surface area contributed by atoms with E-state index >= 15 is 0 Å². The molecule has 0 rings (SSSR count). The first kappa shape index (κ1) is 13.1. The van der Waals surface area contributed by atoms with Crippen molar-refractivity contribution in [3.05, 3.63) is 12.7 Å². The third-order valence-electron chi connectivity index (χ3n) is 1.50. The Labute approximate surface area is 83.9 Å². The minimum Gasteiger partial charge on any atom is -0.480 e. The molecule has 0 aromatic carbocycles. The zero-order chi connectivity index (χ0) is 11.2. The van der Waals surface area contributed by atoms with E-state index in [2.05, 4.69) is 11.3 Å². The quantitative estimate of drug-likeness (QED) is 0.607. The minimum absolute atomic E-state index is 0.0616. The van der Waals surface area contributed by atoms with Crippen molar-refractivity contribution >= 4 is 16.0 Å². The molecule has 0 aromatic heterocycles. The lowest BCUT2D eigenvalue weighted by Gasteiger charge is -2.12. The topological polar surface area (TPSA) is 83.5 Å². The van der Waals surface area contributed by atoms with Crippen molar-refractivity contribution < 1.29 is 18.3 Å². The van der Waals surface area contributed by atoms with E-state index in [0.29, 0.717) is 6.42 Å². The first-order valence-electron chi connectivity index (χ1n) is 4.26. The zero-order valence-electron chi connectivity index (χ0n) is 8.06. The molecule has 0 aromatic rings. The van der Waals surface area contributed by atoms with Gasteiger partial charge in [-0.25, -0.2) is 13.1 Å². The van der Waals surface area contributed by atoms with Crippen molar-refractivity contribution in [1.82, 2.24) is 4.72 Å². The lowest BCUT2D eigenvalue weighted by Crippen LogP contribution is -2.41. The zero-order valence-corrected chi connectivity index (χ0v) is 8.88. The van der Waals surface area contributed by atoms with E-state index in [9.17, 15) is 13.2 Å². The van der Waals surface area contributed by atoms with Gasteiger partial charge >= 0.3 is 5.97 Å². The van der Waals surface area contributed by atoms with Crippen LogP contribution < -0.4 is 4.72 Å². The van der Waals surface area contributed by atoms with E-state index < -0.39 is 22.0 Å². The lowest BCUT2D eigenvalue weighted by molar-refractivity contribution is -0.138. The van der Waals surface area contributed by atoms with E-state index in [1.165, 1.54) is 6.08 Å². The number of rotatable bonds is 7. The fourth-order valence-corrected chi connectivity index (χ4v) is 2.20. The summed E-state index contributed by atoms with van der Waals surface area (Å²) in [5.74, 6) is -1.25. The largest absolute Gasteiger partial charge is 0.480 e. The number of aliphatic carboxylic acids is 1. The predicted octanol–water partition coefficient (Wildman–Crippen LogP) is 0.345. The molecule has 0 fully saturated rings. The molecular weight excluding hydrogens is 206 g/mol. The Balaban J connectivity index is 4.43. The molecule has 5 nitrogen and oxygen atoms in total. The van der Waals surface area contributed by atoms with Crippen molar-refractivity contribution in [2.45, 2.75) is 25.8 Å². The molecule has 1 atom stereocenters. The number of hydrogen-bond acceptors (Lipinski definition) is 3. The molecule has 0 spiro atoms. The minimum atomic E-state index is -3.48. The predicted molar refractivity (Wildman–Crippen MR) is 53.5 cm³/mol. The van der Waals surface area contributed by atoms with E-state index in [4.69, 9.17) is 5.11 Å². The Morgan fingerprint density at radius 3 is 2.57 bits per heavy atom. The van der Waals surface area contributed by atoms with Crippen molar-refractivity contribution in [2.24, 2.45) is 0 Å². The van der Waals surface area contributed by atoms with E-state index in [1.54, 1.807) is 6.92 Å². The molecule has 0 amide bonds. The Bertz CT molecular complexity index is 296. The van der Waals surface area contributed by atoms with Gasteiger partial charge in [0, 0.05) is 0 Å². The average molecular weight is 221 g/mol. The van der Waals surface area contributed by atoms with Crippen molar-refractivity contribution in [3.63, 3.8) is 0 Å². The number of carboxylic acid groups (broad SMARTS) is 1. The summed E-state index contributed by atoms with van der Waals surface area (Å²) in [6.45, 7) is 5.07. The second-order valence-electron chi connectivity index (χ2n) is 2.85. The number of nitrogens with one attached hydrogen (secondary N) is 1. The van der Waals surface area contributed by atoms with Crippen LogP contribution in [-0.2, 0) is 14.8 Å². The van der Waals surface area contributed by atoms with Crippen LogP contribution in [0.2, 0.25) is 0 Å². The number of hydrogen-bond donors (Lipinski definition) is 2. The van der Waals surface area contributed by atoms with Crippen LogP contribution in [-0.4, -0.2) is 31.3 Å². The smallest absolute Gasteiger partial charge is 0.322 e. The molecule has 0 saturated carbocycles. The van der Waals surface area contributed by atoms with Crippen molar-refractivity contribution in [2.75, 3.05) is 5.75 Å². The first-order chi connectivity index (χ1) is 6.43. The van der Waals surface area contributed by atoms with Gasteiger partial charge in [-0.15, -0.1) is 6.58 Å². The van der Waals surface area contributed by atoms with Gasteiger partial charge in [0.05, 0.1) is 5.75 Å². The summed E-state index contributed by atoms with van der Waals surface area (Å²) in [6, 6.07) is -1.11. The maximum absolute atomic E-state index is 11.2. The Morgan fingerprint density at radius 1 is 1.64 bits per heavy atom. The summed E-state index contributed by atoms with van der Waals surface area (Å²) in [5.41, 5.74) is 0. The molecule has 1 unspecified atom stereocenters. The molecule has 0 saturated heterocycles. The van der Waals surface area contributed by atoms with Gasteiger partial charge < -0.3 is 5.11 Å². The van der Waals surface area contributed by atoms with Crippen LogP contribution in [0.15, 0.2) is 12.7 Å². The summed E-state index contributed by atoms with van der Waals surface area (Å²) in [5, 5.41) is 8.66. The van der Waals surface area contributed by atoms with Gasteiger partial charge in [0.2, 0.25) is 10.0 Å². The molecule has 0 aliphatic rings. The normalized spacial score (nSPS) is 13.5. The summed E-state index contributed by atoms with van der Waals surface area (Å²) < 4.78 is 24.5. The van der Waals surface area contributed by atoms with Gasteiger partial charge in [-0.3, -0.25) is 4.79 Å². The molecule has 0 bridgehead atoms. The summed E-state index contributed by atoms with van der Waals surface area (Å²) in [7, 11) is -3.48. The average Bonchev–Trinajstić information content (AvgIpc) is 2.02. The highest BCUT2D eigenvalue weighted by atomic mass is 32.2. The van der Waals surface area contributed by atoms with Gasteiger partial charge in [0.15, 0.2) is 0 Å². The Hall–Kier alpha value is -0.880. The van der Waals surface area contributed by atoms with Crippen LogP contribution in [0.3, 0.4) is 0 Å². The summed E-state index contributed by atoms with van der Waals surface area (Å²) in [4.78, 5) is 10.6. The number of carboxylic acids is 1. The highest BCUT2D eigenvalue weighted by molar-refractivity contribution is 7.89. The standard InChI is InChI=1S/C8H15NO4S/c1-3-5-7(8(10)11)9-14(12,13)6-4-2/h3,7,9H,1,4-6H2,2H3,(H,10,11). The molecular formula is C8H15NO4S. The lowest BCUT2D eigenvalue weighted by atomic mass is 10.2. The van der Waals surface area contributed by atoms with E-state index in [1.807, 2.05) is 0 Å². The molecule has 6 heteroatoms. The molecule has 0 aliphatic carbocycles. The Kier molecular flexibility index (Phi) is 5.40. The molecule has 0 radical (unpaired) electrons. The van der Waals surface area contributed by atoms with Crippen molar-refractivity contribution in [1.29, 1.82) is 0 Å². The van der Waals surface area contributed by atoms with Crippen LogP contribution in [0.5, 0.6) is 0 Å². The third-order valence-corrected chi connectivity index (χ3v) is 3.08. The van der Waals surface area contributed by atoms with Crippen LogP contribution in [0.1, 0.15) is 19.8 Å².